The Labute approximate surface area is 158 Å². The summed E-state index contributed by atoms with van der Waals surface area (Å²) in [6.07, 6.45) is 0.983. The van der Waals surface area contributed by atoms with Crippen LogP contribution in [0.15, 0.2) is 17.8 Å². The lowest BCUT2D eigenvalue weighted by molar-refractivity contribution is -0.136. The van der Waals surface area contributed by atoms with Crippen LogP contribution in [0.1, 0.15) is 16.6 Å². The monoisotopic (exact) mass is 394 g/mol. The third-order valence-corrected chi connectivity index (χ3v) is 4.79. The lowest BCUT2D eigenvalue weighted by atomic mass is 10.3. The normalized spacial score (nSPS) is 14.1. The van der Waals surface area contributed by atoms with Crippen LogP contribution >= 0.6 is 11.3 Å². The van der Waals surface area contributed by atoms with Crippen molar-refractivity contribution in [3.8, 4) is 5.69 Å². The Kier molecular flexibility index (Phi) is 5.96. The first kappa shape index (κ1) is 18.8. The molecule has 0 aliphatic carbocycles. The first-order valence-corrected chi connectivity index (χ1v) is 9.15. The molecule has 27 heavy (non-hydrogen) atoms. The lowest BCUT2D eigenvalue weighted by Gasteiger charge is -2.33. The summed E-state index contributed by atoms with van der Waals surface area (Å²) < 4.78 is 11.4. The number of amides is 2. The fraction of sp³-hybridized carbons (Fsp3) is 0.467. The summed E-state index contributed by atoms with van der Waals surface area (Å²) in [5.41, 5.74) is 0.491. The van der Waals surface area contributed by atoms with E-state index in [1.165, 1.54) is 22.3 Å². The predicted octanol–water partition coefficient (Wildman–Crippen LogP) is 0.181. The van der Waals surface area contributed by atoms with Crippen LogP contribution in [0.25, 0.3) is 5.69 Å². The van der Waals surface area contributed by atoms with Crippen molar-refractivity contribution in [1.82, 2.24) is 30.0 Å². The third-order valence-electron chi connectivity index (χ3n) is 3.91. The number of ether oxygens (including phenoxy) is 2. The fourth-order valence-corrected chi connectivity index (χ4v) is 3.32. The molecule has 144 valence electrons. The molecule has 0 N–H and O–H groups in total. The zero-order valence-electron chi connectivity index (χ0n) is 14.6. The van der Waals surface area contributed by atoms with Gasteiger partial charge in [0.2, 0.25) is 0 Å². The maximum absolute atomic E-state index is 12.3. The Morgan fingerprint density at radius 2 is 1.89 bits per heavy atom. The average molecular weight is 394 g/mol. The van der Waals surface area contributed by atoms with Crippen LogP contribution in [0.4, 0.5) is 4.79 Å². The van der Waals surface area contributed by atoms with Crippen molar-refractivity contribution in [1.29, 1.82) is 0 Å². The van der Waals surface area contributed by atoms with E-state index in [1.54, 1.807) is 28.2 Å². The van der Waals surface area contributed by atoms with Gasteiger partial charge >= 0.3 is 12.1 Å². The molecule has 2 amide bonds. The van der Waals surface area contributed by atoms with E-state index >= 15 is 0 Å². The number of carbonyl (C=O) groups is 3. The number of nitrogens with zero attached hydrogens (tertiary/aromatic N) is 6. The minimum absolute atomic E-state index is 0.308. The Bertz CT molecular complexity index is 799. The van der Waals surface area contributed by atoms with Crippen molar-refractivity contribution in [2.45, 2.75) is 6.92 Å². The molecule has 1 fully saturated rings. The number of esters is 1. The molecule has 0 spiro atoms. The van der Waals surface area contributed by atoms with Gasteiger partial charge in [0.15, 0.2) is 6.61 Å². The molecule has 1 aliphatic heterocycles. The second-order valence-corrected chi connectivity index (χ2v) is 6.45. The van der Waals surface area contributed by atoms with Crippen LogP contribution in [0.2, 0.25) is 0 Å². The lowest BCUT2D eigenvalue weighted by Crippen LogP contribution is -2.51. The van der Waals surface area contributed by atoms with Crippen LogP contribution in [0.3, 0.4) is 0 Å². The van der Waals surface area contributed by atoms with E-state index < -0.39 is 5.97 Å². The van der Waals surface area contributed by atoms with E-state index in [4.69, 9.17) is 9.47 Å². The highest BCUT2D eigenvalue weighted by atomic mass is 32.1. The number of hydrogen-bond donors (Lipinski definition) is 0. The van der Waals surface area contributed by atoms with Crippen LogP contribution in [0.5, 0.6) is 0 Å². The SMILES string of the molecule is CCOC(=O)N1CCN(C(=O)COC(=O)c2sccc2-n2cnnn2)CC1. The van der Waals surface area contributed by atoms with Crippen molar-refractivity contribution < 1.29 is 23.9 Å². The Balaban J connectivity index is 1.50. The minimum atomic E-state index is -0.617. The van der Waals surface area contributed by atoms with Gasteiger partial charge < -0.3 is 19.3 Å². The van der Waals surface area contributed by atoms with Crippen molar-refractivity contribution in [2.24, 2.45) is 0 Å². The van der Waals surface area contributed by atoms with E-state index in [1.807, 2.05) is 0 Å². The van der Waals surface area contributed by atoms with Gasteiger partial charge in [-0.15, -0.1) is 16.4 Å². The molecule has 2 aromatic rings. The van der Waals surface area contributed by atoms with Gasteiger partial charge in [-0.1, -0.05) is 0 Å². The maximum atomic E-state index is 12.3. The fourth-order valence-electron chi connectivity index (χ4n) is 2.54. The minimum Gasteiger partial charge on any atom is -0.451 e. The second-order valence-electron chi connectivity index (χ2n) is 5.53. The van der Waals surface area contributed by atoms with Crippen molar-refractivity contribution >= 4 is 29.3 Å². The first-order valence-electron chi connectivity index (χ1n) is 8.27. The standard InChI is InChI=1S/C15H18N6O5S/c1-2-25-15(24)20-6-4-19(5-7-20)12(22)9-26-14(23)13-11(3-8-27-13)21-10-16-17-18-21/h3,8,10H,2,4-7,9H2,1H3. The number of aromatic nitrogens is 4. The zero-order chi connectivity index (χ0) is 19.2. The molecule has 0 bridgehead atoms. The van der Waals surface area contributed by atoms with E-state index in [-0.39, 0.29) is 18.6 Å². The second kappa shape index (κ2) is 8.58. The quantitative estimate of drug-likeness (QED) is 0.659. The van der Waals surface area contributed by atoms with Crippen molar-refractivity contribution in [3.05, 3.63) is 22.7 Å². The third kappa shape index (κ3) is 4.39. The Morgan fingerprint density at radius 3 is 2.56 bits per heavy atom. The predicted molar refractivity (Wildman–Crippen MR) is 92.5 cm³/mol. The van der Waals surface area contributed by atoms with E-state index in [0.717, 1.165) is 0 Å². The molecule has 12 heteroatoms. The number of piperazine rings is 1. The van der Waals surface area contributed by atoms with Gasteiger partial charge in [0.25, 0.3) is 5.91 Å². The highest BCUT2D eigenvalue weighted by Crippen LogP contribution is 2.21. The summed E-state index contributed by atoms with van der Waals surface area (Å²) in [4.78, 5) is 39.6. The van der Waals surface area contributed by atoms with Gasteiger partial charge in [0, 0.05) is 26.2 Å². The van der Waals surface area contributed by atoms with Crippen molar-refractivity contribution in [2.75, 3.05) is 39.4 Å². The highest BCUT2D eigenvalue weighted by Gasteiger charge is 2.26. The first-order chi connectivity index (χ1) is 13.1. The summed E-state index contributed by atoms with van der Waals surface area (Å²) in [6.45, 7) is 3.17. The summed E-state index contributed by atoms with van der Waals surface area (Å²) in [6, 6.07) is 1.69. The summed E-state index contributed by atoms with van der Waals surface area (Å²) in [5.74, 6) is -0.929. The molecule has 0 atom stereocenters. The molecule has 3 rings (SSSR count). The van der Waals surface area contributed by atoms with E-state index in [9.17, 15) is 14.4 Å². The number of tetrazole rings is 1. The number of rotatable bonds is 5. The van der Waals surface area contributed by atoms with Gasteiger partial charge in [-0.2, -0.15) is 4.68 Å². The molecule has 0 saturated carbocycles. The smallest absolute Gasteiger partial charge is 0.409 e. The molecule has 3 heterocycles. The van der Waals surface area contributed by atoms with Crippen molar-refractivity contribution in [3.63, 3.8) is 0 Å². The highest BCUT2D eigenvalue weighted by molar-refractivity contribution is 7.12. The Morgan fingerprint density at radius 1 is 1.15 bits per heavy atom. The summed E-state index contributed by atoms with van der Waals surface area (Å²) >= 11 is 1.18. The number of thiophene rings is 1. The molecule has 1 aliphatic rings. The zero-order valence-corrected chi connectivity index (χ0v) is 15.4. The number of hydrogen-bond acceptors (Lipinski definition) is 9. The molecule has 0 unspecified atom stereocenters. The largest absolute Gasteiger partial charge is 0.451 e. The Hall–Kier alpha value is -3.02. The summed E-state index contributed by atoms with van der Waals surface area (Å²) in [7, 11) is 0. The van der Waals surface area contributed by atoms with Gasteiger partial charge in [-0.25, -0.2) is 9.59 Å². The molecule has 2 aromatic heterocycles. The number of carbonyl (C=O) groups excluding carboxylic acids is 3. The van der Waals surface area contributed by atoms with Crippen LogP contribution < -0.4 is 0 Å². The maximum Gasteiger partial charge on any atom is 0.409 e. The van der Waals surface area contributed by atoms with Crippen LogP contribution in [-0.4, -0.2) is 87.4 Å². The van der Waals surface area contributed by atoms with E-state index in [2.05, 4.69) is 15.5 Å². The summed E-state index contributed by atoms with van der Waals surface area (Å²) in [5, 5.41) is 12.5. The topological polar surface area (TPSA) is 120 Å². The van der Waals surface area contributed by atoms with Gasteiger partial charge in [0.1, 0.15) is 11.2 Å². The molecular formula is C15H18N6O5S. The molecule has 11 nitrogen and oxygen atoms in total. The average Bonchev–Trinajstić information content (AvgIpc) is 3.37. The molecular weight excluding hydrogens is 376 g/mol. The van der Waals surface area contributed by atoms with Gasteiger partial charge in [0.05, 0.1) is 12.3 Å². The van der Waals surface area contributed by atoms with Crippen LogP contribution in [0, 0.1) is 0 Å². The van der Waals surface area contributed by atoms with Gasteiger partial charge in [-0.05, 0) is 28.8 Å². The molecule has 1 saturated heterocycles. The molecule has 0 aromatic carbocycles. The van der Waals surface area contributed by atoms with Gasteiger partial charge in [-0.3, -0.25) is 4.79 Å². The van der Waals surface area contributed by atoms with E-state index in [0.29, 0.717) is 43.4 Å². The molecule has 0 radical (unpaired) electrons. The van der Waals surface area contributed by atoms with Crippen LogP contribution in [-0.2, 0) is 14.3 Å².